The summed E-state index contributed by atoms with van der Waals surface area (Å²) in [4.78, 5) is 23.6. The number of carbonyl (C=O) groups excluding carboxylic acids is 1. The van der Waals surface area contributed by atoms with Gasteiger partial charge in [-0.1, -0.05) is 42.5 Å². The van der Waals surface area contributed by atoms with Crippen molar-refractivity contribution in [2.24, 2.45) is 0 Å². The standard InChI is InChI=1S/C26H21FO5/c1-17(19-7-10-22(23(27)16-19)18-5-3-2-4-6-18)26(29)31-14-13-30-21-9-11-24-20(15-21)8-12-25(28)32-24/h2-12,15-17H,13-14H2,1H3. The first-order valence-corrected chi connectivity index (χ1v) is 10.2. The SMILES string of the molecule is CC(C(=O)OCCOc1ccc2oc(=O)ccc2c1)c1ccc(-c2ccccc2)c(F)c1. The minimum atomic E-state index is -0.613. The molecule has 4 rings (SSSR count). The summed E-state index contributed by atoms with van der Waals surface area (Å²) in [5.74, 6) is -0.892. The van der Waals surface area contributed by atoms with E-state index in [1.165, 1.54) is 12.1 Å². The fourth-order valence-corrected chi connectivity index (χ4v) is 3.36. The van der Waals surface area contributed by atoms with Crippen molar-refractivity contribution in [2.75, 3.05) is 13.2 Å². The van der Waals surface area contributed by atoms with Gasteiger partial charge in [-0.15, -0.1) is 0 Å². The van der Waals surface area contributed by atoms with E-state index in [0.717, 1.165) is 10.9 Å². The van der Waals surface area contributed by atoms with E-state index in [4.69, 9.17) is 13.9 Å². The molecule has 1 aromatic heterocycles. The van der Waals surface area contributed by atoms with Crippen molar-refractivity contribution in [3.05, 3.63) is 101 Å². The first-order chi connectivity index (χ1) is 15.5. The number of hydrogen-bond acceptors (Lipinski definition) is 5. The molecule has 32 heavy (non-hydrogen) atoms. The smallest absolute Gasteiger partial charge is 0.336 e. The molecule has 162 valence electrons. The van der Waals surface area contributed by atoms with Crippen molar-refractivity contribution in [1.29, 1.82) is 0 Å². The molecule has 0 aliphatic carbocycles. The van der Waals surface area contributed by atoms with Crippen LogP contribution in [0.1, 0.15) is 18.4 Å². The van der Waals surface area contributed by atoms with Gasteiger partial charge in [0.15, 0.2) is 0 Å². The summed E-state index contributed by atoms with van der Waals surface area (Å²) in [7, 11) is 0. The predicted molar refractivity (Wildman–Crippen MR) is 119 cm³/mol. The molecule has 0 aliphatic heterocycles. The van der Waals surface area contributed by atoms with Crippen LogP contribution in [0.4, 0.5) is 4.39 Å². The molecule has 0 amide bonds. The van der Waals surface area contributed by atoms with Crippen LogP contribution in [0.3, 0.4) is 0 Å². The second-order valence-corrected chi connectivity index (χ2v) is 7.30. The van der Waals surface area contributed by atoms with Crippen molar-refractivity contribution in [3.63, 3.8) is 0 Å². The van der Waals surface area contributed by atoms with Gasteiger partial charge in [0.2, 0.25) is 0 Å². The predicted octanol–water partition coefficient (Wildman–Crippen LogP) is 5.32. The minimum absolute atomic E-state index is 0.0513. The van der Waals surface area contributed by atoms with Gasteiger partial charge in [-0.2, -0.15) is 0 Å². The highest BCUT2D eigenvalue weighted by molar-refractivity contribution is 5.79. The highest BCUT2D eigenvalue weighted by Gasteiger charge is 2.18. The van der Waals surface area contributed by atoms with Crippen LogP contribution >= 0.6 is 0 Å². The Kier molecular flexibility index (Phi) is 6.31. The molecular formula is C26H21FO5. The third-order valence-corrected chi connectivity index (χ3v) is 5.12. The summed E-state index contributed by atoms with van der Waals surface area (Å²) in [6, 6.07) is 22.1. The molecule has 0 radical (unpaired) electrons. The van der Waals surface area contributed by atoms with E-state index in [-0.39, 0.29) is 19.0 Å². The van der Waals surface area contributed by atoms with E-state index in [1.807, 2.05) is 30.3 Å². The number of rotatable bonds is 7. The maximum absolute atomic E-state index is 14.6. The van der Waals surface area contributed by atoms with Gasteiger partial charge in [0, 0.05) is 17.0 Å². The quantitative estimate of drug-likeness (QED) is 0.225. The van der Waals surface area contributed by atoms with Crippen LogP contribution in [0.25, 0.3) is 22.1 Å². The van der Waals surface area contributed by atoms with Crippen molar-refractivity contribution < 1.29 is 23.1 Å². The van der Waals surface area contributed by atoms with E-state index in [9.17, 15) is 14.0 Å². The van der Waals surface area contributed by atoms with E-state index in [0.29, 0.717) is 22.5 Å². The average Bonchev–Trinajstić information content (AvgIpc) is 2.81. The lowest BCUT2D eigenvalue weighted by atomic mass is 9.97. The fourth-order valence-electron chi connectivity index (χ4n) is 3.36. The van der Waals surface area contributed by atoms with E-state index >= 15 is 0 Å². The third-order valence-electron chi connectivity index (χ3n) is 5.12. The first kappa shape index (κ1) is 21.3. The zero-order valence-electron chi connectivity index (χ0n) is 17.4. The van der Waals surface area contributed by atoms with Gasteiger partial charge in [0.1, 0.15) is 30.4 Å². The lowest BCUT2D eigenvalue weighted by Crippen LogP contribution is -2.17. The van der Waals surface area contributed by atoms with Crippen molar-refractivity contribution in [1.82, 2.24) is 0 Å². The van der Waals surface area contributed by atoms with Gasteiger partial charge in [0.05, 0.1) is 5.92 Å². The molecule has 1 atom stereocenters. The zero-order valence-corrected chi connectivity index (χ0v) is 17.4. The van der Waals surface area contributed by atoms with Crippen LogP contribution < -0.4 is 10.4 Å². The molecule has 0 bridgehead atoms. The molecular weight excluding hydrogens is 411 g/mol. The molecule has 0 N–H and O–H groups in total. The second kappa shape index (κ2) is 9.47. The normalized spacial score (nSPS) is 11.8. The molecule has 5 nitrogen and oxygen atoms in total. The van der Waals surface area contributed by atoms with Crippen LogP contribution in [0.5, 0.6) is 5.75 Å². The molecule has 4 aromatic rings. The number of benzene rings is 3. The number of hydrogen-bond donors (Lipinski definition) is 0. The highest BCUT2D eigenvalue weighted by atomic mass is 19.1. The third kappa shape index (κ3) is 4.86. The minimum Gasteiger partial charge on any atom is -0.490 e. The Morgan fingerprint density at radius 1 is 0.969 bits per heavy atom. The molecule has 0 saturated carbocycles. The summed E-state index contributed by atoms with van der Waals surface area (Å²) in [5, 5.41) is 0.730. The Labute approximate surface area is 184 Å². The first-order valence-electron chi connectivity index (χ1n) is 10.2. The molecule has 0 fully saturated rings. The van der Waals surface area contributed by atoms with Crippen LogP contribution in [-0.4, -0.2) is 19.2 Å². The fraction of sp³-hybridized carbons (Fsp3) is 0.154. The molecule has 3 aromatic carbocycles. The number of carbonyl (C=O) groups is 1. The number of fused-ring (bicyclic) bond motifs is 1. The molecule has 0 aliphatic rings. The Morgan fingerprint density at radius 3 is 2.56 bits per heavy atom. The summed E-state index contributed by atoms with van der Waals surface area (Å²) in [6.45, 7) is 1.88. The Balaban J connectivity index is 1.31. The molecule has 0 spiro atoms. The maximum atomic E-state index is 14.6. The summed E-state index contributed by atoms with van der Waals surface area (Å²) < 4.78 is 30.6. The monoisotopic (exact) mass is 432 g/mol. The van der Waals surface area contributed by atoms with E-state index in [2.05, 4.69) is 0 Å². The van der Waals surface area contributed by atoms with Crippen LogP contribution in [0, 0.1) is 5.82 Å². The Hall–Kier alpha value is -3.93. The van der Waals surface area contributed by atoms with Gasteiger partial charge in [-0.3, -0.25) is 4.79 Å². The average molecular weight is 432 g/mol. The summed E-state index contributed by atoms with van der Waals surface area (Å²) in [5.41, 5.74) is 1.86. The Bertz CT molecular complexity index is 1300. The van der Waals surface area contributed by atoms with Crippen molar-refractivity contribution in [3.8, 4) is 16.9 Å². The van der Waals surface area contributed by atoms with E-state index < -0.39 is 17.5 Å². The van der Waals surface area contributed by atoms with Gasteiger partial charge < -0.3 is 13.9 Å². The van der Waals surface area contributed by atoms with Gasteiger partial charge in [-0.25, -0.2) is 9.18 Å². The largest absolute Gasteiger partial charge is 0.490 e. The molecule has 1 unspecified atom stereocenters. The lowest BCUT2D eigenvalue weighted by molar-refractivity contribution is -0.145. The maximum Gasteiger partial charge on any atom is 0.336 e. The molecule has 6 heteroatoms. The summed E-state index contributed by atoms with van der Waals surface area (Å²) >= 11 is 0. The van der Waals surface area contributed by atoms with Crippen molar-refractivity contribution in [2.45, 2.75) is 12.8 Å². The van der Waals surface area contributed by atoms with E-state index in [1.54, 1.807) is 43.3 Å². The number of esters is 1. The zero-order chi connectivity index (χ0) is 22.5. The number of halogens is 1. The van der Waals surface area contributed by atoms with Gasteiger partial charge in [0.25, 0.3) is 0 Å². The van der Waals surface area contributed by atoms with Crippen LogP contribution in [0.15, 0.2) is 88.1 Å². The topological polar surface area (TPSA) is 65.7 Å². The lowest BCUT2D eigenvalue weighted by Gasteiger charge is -2.14. The highest BCUT2D eigenvalue weighted by Crippen LogP contribution is 2.27. The van der Waals surface area contributed by atoms with Crippen molar-refractivity contribution >= 4 is 16.9 Å². The second-order valence-electron chi connectivity index (χ2n) is 7.30. The van der Waals surface area contributed by atoms with Crippen LogP contribution in [-0.2, 0) is 9.53 Å². The number of ether oxygens (including phenoxy) is 2. The van der Waals surface area contributed by atoms with Crippen LogP contribution in [0.2, 0.25) is 0 Å². The van der Waals surface area contributed by atoms with Gasteiger partial charge in [-0.05, 0) is 48.4 Å². The summed E-state index contributed by atoms with van der Waals surface area (Å²) in [6.07, 6.45) is 0. The van der Waals surface area contributed by atoms with Gasteiger partial charge >= 0.3 is 11.6 Å². The Morgan fingerprint density at radius 2 is 1.78 bits per heavy atom. The molecule has 0 saturated heterocycles. The molecule has 1 heterocycles.